The largest absolute Gasteiger partial charge is 0.510 e. The highest BCUT2D eigenvalue weighted by Gasteiger charge is 2.17. The van der Waals surface area contributed by atoms with Gasteiger partial charge in [-0.25, -0.2) is 4.79 Å². The summed E-state index contributed by atoms with van der Waals surface area (Å²) in [5.41, 5.74) is 0.863. The van der Waals surface area contributed by atoms with Crippen molar-refractivity contribution in [1.29, 1.82) is 0 Å². The van der Waals surface area contributed by atoms with Crippen LogP contribution in [-0.2, 0) is 23.8 Å². The predicted octanol–water partition coefficient (Wildman–Crippen LogP) is 3.94. The fraction of sp³-hybridized carbons (Fsp3) is 0.429. The maximum absolute atomic E-state index is 12.3. The number of thioether (sulfide) groups is 1. The van der Waals surface area contributed by atoms with E-state index < -0.39 is 23.4 Å². The van der Waals surface area contributed by atoms with Crippen molar-refractivity contribution in [3.63, 3.8) is 0 Å². The second-order valence-electron chi connectivity index (χ2n) is 6.59. The minimum atomic E-state index is -1.35. The number of esters is 1. The fourth-order valence-corrected chi connectivity index (χ4v) is 3.31. The van der Waals surface area contributed by atoms with Crippen LogP contribution in [0.15, 0.2) is 36.4 Å². The summed E-state index contributed by atoms with van der Waals surface area (Å²) in [6.07, 6.45) is -2.41. The van der Waals surface area contributed by atoms with Crippen molar-refractivity contribution in [3.8, 4) is 5.75 Å². The lowest BCUT2D eigenvalue weighted by molar-refractivity contribution is -0.777. The lowest BCUT2D eigenvalue weighted by atomic mass is 9.98. The van der Waals surface area contributed by atoms with Crippen LogP contribution in [0.3, 0.4) is 0 Å². The molecule has 0 aliphatic rings. The molecule has 0 bridgehead atoms. The number of hydrogen-bond acceptors (Lipinski definition) is 10. The third kappa shape index (κ3) is 8.14. The van der Waals surface area contributed by atoms with Gasteiger partial charge in [-0.15, -0.1) is 10.1 Å². The summed E-state index contributed by atoms with van der Waals surface area (Å²) in [5, 5.41) is 11.1. The number of carbonyl (C=O) groups excluding carboxylic acids is 2. The van der Waals surface area contributed by atoms with Gasteiger partial charge in [-0.1, -0.05) is 24.3 Å². The first-order valence-corrected chi connectivity index (χ1v) is 10.9. The van der Waals surface area contributed by atoms with Crippen molar-refractivity contribution in [1.82, 2.24) is 0 Å². The molecule has 2 rings (SSSR count). The average Bonchev–Trinajstić information content (AvgIpc) is 2.76. The Morgan fingerprint density at radius 1 is 1.03 bits per heavy atom. The van der Waals surface area contributed by atoms with Gasteiger partial charge in [-0.2, -0.15) is 11.8 Å². The first-order valence-electron chi connectivity index (χ1n) is 9.76. The molecule has 11 heteroatoms. The molecule has 1 unspecified atom stereocenters. The highest BCUT2D eigenvalue weighted by atomic mass is 32.2. The average molecular weight is 467 g/mol. The van der Waals surface area contributed by atoms with Crippen molar-refractivity contribution >= 4 is 34.7 Å². The quantitative estimate of drug-likeness (QED) is 0.149. The van der Waals surface area contributed by atoms with E-state index in [1.54, 1.807) is 14.0 Å². The van der Waals surface area contributed by atoms with Crippen LogP contribution >= 0.6 is 11.8 Å². The van der Waals surface area contributed by atoms with Crippen molar-refractivity contribution in [2.75, 3.05) is 31.8 Å². The van der Waals surface area contributed by atoms with Crippen LogP contribution < -0.4 is 4.74 Å². The van der Waals surface area contributed by atoms with Crippen molar-refractivity contribution in [3.05, 3.63) is 52.1 Å². The summed E-state index contributed by atoms with van der Waals surface area (Å²) < 4.78 is 19.8. The third-order valence-electron chi connectivity index (χ3n) is 4.34. The van der Waals surface area contributed by atoms with Crippen LogP contribution in [0.25, 0.3) is 10.8 Å². The Morgan fingerprint density at radius 3 is 2.38 bits per heavy atom. The predicted molar refractivity (Wildman–Crippen MR) is 117 cm³/mol. The highest BCUT2D eigenvalue weighted by Crippen LogP contribution is 2.25. The number of carbonyl (C=O) groups is 2. The lowest BCUT2D eigenvalue weighted by Gasteiger charge is -2.13. The van der Waals surface area contributed by atoms with Gasteiger partial charge in [-0.3, -0.25) is 9.63 Å². The summed E-state index contributed by atoms with van der Waals surface area (Å²) in [5.74, 6) is 1.01. The van der Waals surface area contributed by atoms with Gasteiger partial charge in [0.05, 0.1) is 13.0 Å². The monoisotopic (exact) mass is 467 g/mol. The van der Waals surface area contributed by atoms with Crippen LogP contribution in [0, 0.1) is 10.1 Å². The molecular weight excluding hydrogens is 442 g/mol. The zero-order valence-electron chi connectivity index (χ0n) is 18.0. The summed E-state index contributed by atoms with van der Waals surface area (Å²) in [4.78, 5) is 37.8. The minimum absolute atomic E-state index is 0.0426. The first kappa shape index (κ1) is 25.1. The van der Waals surface area contributed by atoms with Gasteiger partial charge in [-0.05, 0) is 42.3 Å². The standard InChI is InChI=1S/C21H25NO9S/c1-14(16-4-5-18-13-19(27-3)7-6-17(18)12-16)20(23)28-8-10-32-11-9-29-21(24)30-15(2)31-22(25)26/h4-7,12-15H,8-11H2,1-3H3/t14-,15?/m0/s1. The molecule has 2 aromatic carbocycles. The van der Waals surface area contributed by atoms with E-state index >= 15 is 0 Å². The molecule has 0 aliphatic heterocycles. The summed E-state index contributed by atoms with van der Waals surface area (Å²) in [7, 11) is 1.62. The Hall–Kier alpha value is -3.21. The van der Waals surface area contributed by atoms with Crippen LogP contribution in [0.4, 0.5) is 4.79 Å². The molecule has 2 aromatic rings. The smallest absolute Gasteiger partial charge is 0.497 e. The zero-order valence-corrected chi connectivity index (χ0v) is 18.8. The molecule has 0 N–H and O–H groups in total. The van der Waals surface area contributed by atoms with Gasteiger partial charge in [0.1, 0.15) is 19.0 Å². The molecule has 10 nitrogen and oxygen atoms in total. The molecule has 0 fully saturated rings. The first-order chi connectivity index (χ1) is 15.3. The molecule has 0 saturated carbocycles. The van der Waals surface area contributed by atoms with E-state index in [4.69, 9.17) is 14.2 Å². The molecule has 0 aromatic heterocycles. The molecule has 0 saturated heterocycles. The van der Waals surface area contributed by atoms with Gasteiger partial charge >= 0.3 is 12.1 Å². The van der Waals surface area contributed by atoms with Crippen LogP contribution in [0.5, 0.6) is 5.75 Å². The topological polar surface area (TPSA) is 123 Å². The molecule has 0 spiro atoms. The van der Waals surface area contributed by atoms with Gasteiger partial charge in [0.2, 0.25) is 6.29 Å². The SMILES string of the molecule is COc1ccc2cc([C@H](C)C(=O)OCCSCCOC(=O)OC(C)O[N+](=O)[O-])ccc2c1. The Kier molecular flexibility index (Phi) is 9.86. The number of methoxy groups -OCH3 is 1. The van der Waals surface area contributed by atoms with Crippen LogP contribution in [-0.4, -0.2) is 55.3 Å². The van der Waals surface area contributed by atoms with Gasteiger partial charge in [0.25, 0.3) is 5.09 Å². The normalized spacial score (nSPS) is 12.5. The minimum Gasteiger partial charge on any atom is -0.497 e. The number of nitrogens with zero attached hydrogens (tertiary/aromatic N) is 1. The van der Waals surface area contributed by atoms with E-state index in [1.807, 2.05) is 36.4 Å². The van der Waals surface area contributed by atoms with E-state index in [0.717, 1.165) is 22.1 Å². The van der Waals surface area contributed by atoms with Gasteiger partial charge in [0.15, 0.2) is 0 Å². The zero-order chi connectivity index (χ0) is 23.5. The van der Waals surface area contributed by atoms with E-state index in [0.29, 0.717) is 11.5 Å². The number of hydrogen-bond donors (Lipinski definition) is 0. The van der Waals surface area contributed by atoms with E-state index in [9.17, 15) is 19.7 Å². The maximum atomic E-state index is 12.3. The Bertz CT molecular complexity index is 937. The number of benzene rings is 2. The molecular formula is C21H25NO9S. The Morgan fingerprint density at radius 2 is 1.69 bits per heavy atom. The molecule has 32 heavy (non-hydrogen) atoms. The molecule has 0 aliphatic carbocycles. The van der Waals surface area contributed by atoms with Crippen molar-refractivity contribution in [2.45, 2.75) is 26.1 Å². The molecule has 0 radical (unpaired) electrons. The Labute approximate surface area is 189 Å². The van der Waals surface area contributed by atoms with Crippen LogP contribution in [0.2, 0.25) is 0 Å². The molecule has 0 heterocycles. The summed E-state index contributed by atoms with van der Waals surface area (Å²) in [6.45, 7) is 3.25. The number of ether oxygens (including phenoxy) is 4. The van der Waals surface area contributed by atoms with E-state index in [-0.39, 0.29) is 19.2 Å². The Balaban J connectivity index is 1.65. The van der Waals surface area contributed by atoms with Crippen molar-refractivity contribution in [2.24, 2.45) is 0 Å². The fourth-order valence-electron chi connectivity index (χ4n) is 2.70. The summed E-state index contributed by atoms with van der Waals surface area (Å²) >= 11 is 1.42. The van der Waals surface area contributed by atoms with E-state index in [1.165, 1.54) is 18.7 Å². The van der Waals surface area contributed by atoms with Gasteiger partial charge in [0, 0.05) is 11.5 Å². The van der Waals surface area contributed by atoms with Crippen LogP contribution in [0.1, 0.15) is 25.3 Å². The highest BCUT2D eigenvalue weighted by molar-refractivity contribution is 7.99. The lowest BCUT2D eigenvalue weighted by Crippen LogP contribution is -2.22. The number of rotatable bonds is 12. The molecule has 2 atom stereocenters. The maximum Gasteiger partial charge on any atom is 0.510 e. The summed E-state index contributed by atoms with van der Waals surface area (Å²) in [6, 6.07) is 11.6. The number of fused-ring (bicyclic) bond motifs is 1. The van der Waals surface area contributed by atoms with E-state index in [2.05, 4.69) is 9.57 Å². The second-order valence-corrected chi connectivity index (χ2v) is 7.81. The molecule has 174 valence electrons. The molecule has 0 amide bonds. The van der Waals surface area contributed by atoms with Crippen molar-refractivity contribution < 1.29 is 38.5 Å². The second kappa shape index (κ2) is 12.6. The third-order valence-corrected chi connectivity index (χ3v) is 5.25. The van der Waals surface area contributed by atoms with Gasteiger partial charge < -0.3 is 18.9 Å².